The number of fused-ring (bicyclic) bond motifs is 9. The van der Waals surface area contributed by atoms with Gasteiger partial charge in [0.1, 0.15) is 0 Å². The molecular weight excluding hydrogens is 935 g/mol. The van der Waals surface area contributed by atoms with Gasteiger partial charge in [0.15, 0.2) is 8.07 Å². The van der Waals surface area contributed by atoms with E-state index in [4.69, 9.17) is 0 Å². The van der Waals surface area contributed by atoms with E-state index >= 15 is 0 Å². The lowest BCUT2D eigenvalue weighted by Gasteiger charge is -2.35. The maximum absolute atomic E-state index is 2.95. The molecule has 0 fully saturated rings. The summed E-state index contributed by atoms with van der Waals surface area (Å²) in [6.07, 6.45) is 0. The molecule has 0 amide bonds. The number of para-hydroxylation sites is 5. The Kier molecular flexibility index (Phi) is 10.2. The third-order valence-electron chi connectivity index (χ3n) is 16.0. The Bertz CT molecular complexity index is 4610. The molecule has 4 heteroatoms. The fourth-order valence-electron chi connectivity index (χ4n) is 12.7. The van der Waals surface area contributed by atoms with Gasteiger partial charge in [-0.1, -0.05) is 231 Å². The van der Waals surface area contributed by atoms with Crippen LogP contribution in [-0.4, -0.2) is 21.8 Å². The van der Waals surface area contributed by atoms with E-state index in [0.717, 1.165) is 16.9 Å². The van der Waals surface area contributed by atoms with Gasteiger partial charge in [-0.05, 0) is 104 Å². The molecule has 0 N–H and O–H groups in total. The summed E-state index contributed by atoms with van der Waals surface area (Å²) in [5, 5.41) is 12.8. The first-order chi connectivity index (χ1) is 37.7. The van der Waals surface area contributed by atoms with Crippen molar-refractivity contribution in [3.05, 3.63) is 297 Å². The van der Waals surface area contributed by atoms with Crippen LogP contribution in [0.25, 0.3) is 105 Å². The fraction of sp³-hybridized carbons (Fsp3) is 0. The molecule has 3 heterocycles. The van der Waals surface area contributed by atoms with E-state index in [1.165, 1.54) is 109 Å². The van der Waals surface area contributed by atoms with Crippen LogP contribution in [0.1, 0.15) is 0 Å². The molecule has 0 aliphatic rings. The maximum atomic E-state index is 2.50. The van der Waals surface area contributed by atoms with Gasteiger partial charge in [-0.2, -0.15) is 0 Å². The molecule has 0 saturated heterocycles. The average molecular weight is 984 g/mol. The predicted molar refractivity (Wildman–Crippen MR) is 324 cm³/mol. The first-order valence-electron chi connectivity index (χ1n) is 26.3. The molecule has 0 atom stereocenters. The van der Waals surface area contributed by atoms with Crippen molar-refractivity contribution < 1.29 is 0 Å². The zero-order valence-electron chi connectivity index (χ0n) is 41.6. The Morgan fingerprint density at radius 1 is 0.211 bits per heavy atom. The van der Waals surface area contributed by atoms with Crippen LogP contribution < -0.4 is 20.7 Å². The summed E-state index contributed by atoms with van der Waals surface area (Å²) in [5.74, 6) is 0. The number of hydrogen-bond acceptors (Lipinski definition) is 0. The number of rotatable bonds is 9. The molecule has 0 radical (unpaired) electrons. The van der Waals surface area contributed by atoms with Crippen molar-refractivity contribution in [2.75, 3.05) is 0 Å². The molecular formula is C72H49N3Si. The number of hydrogen-bond donors (Lipinski definition) is 0. The topological polar surface area (TPSA) is 14.8 Å². The molecule has 0 aliphatic heterocycles. The lowest BCUT2D eigenvalue weighted by molar-refractivity contribution is 1.16. The Balaban J connectivity index is 0.923. The van der Waals surface area contributed by atoms with Gasteiger partial charge < -0.3 is 13.7 Å². The van der Waals surface area contributed by atoms with Crippen molar-refractivity contribution in [2.45, 2.75) is 0 Å². The van der Waals surface area contributed by atoms with E-state index in [1.54, 1.807) is 0 Å². The predicted octanol–water partition coefficient (Wildman–Crippen LogP) is 15.7. The Hall–Kier alpha value is -9.74. The third-order valence-corrected chi connectivity index (χ3v) is 20.7. The minimum absolute atomic E-state index is 1.12. The SMILES string of the molecule is c1ccc(-c2cccc([Si](c3ccccc3)(c3ccccc3)c3cccc(-n4c5ccccc5c5ccc(-n6c7ccccc7c7cc(-c8ccccc8-n8c9ccccc9c9ccccc98)ccc76)cc54)c3)c2)cc1. The molecule has 3 nitrogen and oxygen atoms in total. The van der Waals surface area contributed by atoms with Crippen LogP contribution in [0.15, 0.2) is 297 Å². The summed E-state index contributed by atoms with van der Waals surface area (Å²) >= 11 is 0. The van der Waals surface area contributed by atoms with Crippen LogP contribution >= 0.6 is 0 Å². The van der Waals surface area contributed by atoms with Crippen LogP contribution in [-0.2, 0) is 0 Å². The van der Waals surface area contributed by atoms with E-state index in [2.05, 4.69) is 311 Å². The largest absolute Gasteiger partial charge is 0.309 e. The Morgan fingerprint density at radius 3 is 1.28 bits per heavy atom. The van der Waals surface area contributed by atoms with Crippen molar-refractivity contribution in [3.63, 3.8) is 0 Å². The summed E-state index contributed by atoms with van der Waals surface area (Å²) in [7, 11) is -2.95. The van der Waals surface area contributed by atoms with Crippen LogP contribution in [0, 0.1) is 0 Å². The highest BCUT2D eigenvalue weighted by Crippen LogP contribution is 2.41. The molecule has 0 aliphatic carbocycles. The molecule has 15 rings (SSSR count). The highest BCUT2D eigenvalue weighted by atomic mass is 28.3. The molecule has 3 aromatic heterocycles. The van der Waals surface area contributed by atoms with Gasteiger partial charge in [0.2, 0.25) is 0 Å². The molecule has 76 heavy (non-hydrogen) atoms. The standard InChI is InChI=1S/C72H49N3Si/c1-4-22-50(23-5-1)51-24-20-30-57(46-51)76(55-26-6-2-7-27-55,56-28-8-3-9-29-56)58-31-21-25-53(48-58)74-67-38-16-11-35-62(67)64-44-43-54(49-72(64)74)73-68-39-17-14-36-63(68)65-47-52(42-45-71(65)73)59-32-10-15-37-66(59)75-69-40-18-12-33-60(69)61-34-13-19-41-70(61)75/h1-49H. The highest BCUT2D eigenvalue weighted by Gasteiger charge is 2.42. The van der Waals surface area contributed by atoms with Gasteiger partial charge in [-0.3, -0.25) is 0 Å². The normalized spacial score (nSPS) is 11.9. The van der Waals surface area contributed by atoms with Gasteiger partial charge in [0.05, 0.1) is 38.8 Å². The van der Waals surface area contributed by atoms with E-state index in [0.29, 0.717) is 0 Å². The summed E-state index contributed by atoms with van der Waals surface area (Å²) in [6.45, 7) is 0. The van der Waals surface area contributed by atoms with Gasteiger partial charge in [-0.15, -0.1) is 0 Å². The zero-order valence-corrected chi connectivity index (χ0v) is 42.6. The second-order valence-electron chi connectivity index (χ2n) is 20.0. The lowest BCUT2D eigenvalue weighted by atomic mass is 10.0. The quantitative estimate of drug-likeness (QED) is 0.101. The Labute approximate surface area is 442 Å². The first-order valence-corrected chi connectivity index (χ1v) is 28.3. The number of aromatic nitrogens is 3. The van der Waals surface area contributed by atoms with Crippen molar-refractivity contribution in [3.8, 4) is 39.3 Å². The summed E-state index contributed by atoms with van der Waals surface area (Å²) in [5.41, 5.74) is 15.3. The monoisotopic (exact) mass is 983 g/mol. The van der Waals surface area contributed by atoms with Crippen LogP contribution in [0.5, 0.6) is 0 Å². The summed E-state index contributed by atoms with van der Waals surface area (Å²) in [6, 6.07) is 110. The van der Waals surface area contributed by atoms with Crippen molar-refractivity contribution in [2.24, 2.45) is 0 Å². The second-order valence-corrected chi connectivity index (χ2v) is 23.8. The van der Waals surface area contributed by atoms with Crippen molar-refractivity contribution in [1.29, 1.82) is 0 Å². The molecule has 0 unspecified atom stereocenters. The van der Waals surface area contributed by atoms with E-state index in [1.807, 2.05) is 0 Å². The van der Waals surface area contributed by atoms with E-state index in [-0.39, 0.29) is 0 Å². The van der Waals surface area contributed by atoms with Crippen LogP contribution in [0.2, 0.25) is 0 Å². The lowest BCUT2D eigenvalue weighted by Crippen LogP contribution is -2.74. The molecule has 0 bridgehead atoms. The molecule has 15 aromatic rings. The van der Waals surface area contributed by atoms with Crippen LogP contribution in [0.4, 0.5) is 0 Å². The molecule has 356 valence electrons. The van der Waals surface area contributed by atoms with Crippen LogP contribution in [0.3, 0.4) is 0 Å². The van der Waals surface area contributed by atoms with E-state index in [9.17, 15) is 0 Å². The number of nitrogens with zero attached hydrogens (tertiary/aromatic N) is 3. The van der Waals surface area contributed by atoms with Crippen molar-refractivity contribution in [1.82, 2.24) is 13.7 Å². The Morgan fingerprint density at radius 2 is 0.645 bits per heavy atom. The minimum Gasteiger partial charge on any atom is -0.309 e. The van der Waals surface area contributed by atoms with Gasteiger partial charge in [0.25, 0.3) is 0 Å². The maximum Gasteiger partial charge on any atom is 0.179 e. The number of benzene rings is 12. The smallest absolute Gasteiger partial charge is 0.179 e. The summed E-state index contributed by atoms with van der Waals surface area (Å²) in [4.78, 5) is 0. The summed E-state index contributed by atoms with van der Waals surface area (Å²) < 4.78 is 7.41. The van der Waals surface area contributed by atoms with E-state index < -0.39 is 8.07 Å². The van der Waals surface area contributed by atoms with Crippen molar-refractivity contribution >= 4 is 94.2 Å². The third kappa shape index (κ3) is 6.74. The van der Waals surface area contributed by atoms with Gasteiger partial charge in [0, 0.05) is 49.3 Å². The zero-order chi connectivity index (χ0) is 50.2. The second kappa shape index (κ2) is 17.7. The average Bonchev–Trinajstić information content (AvgIpc) is 4.23. The van der Waals surface area contributed by atoms with Gasteiger partial charge >= 0.3 is 0 Å². The highest BCUT2D eigenvalue weighted by molar-refractivity contribution is 7.20. The minimum atomic E-state index is -2.95. The van der Waals surface area contributed by atoms with Gasteiger partial charge in [-0.25, -0.2) is 0 Å². The molecule has 12 aromatic carbocycles. The molecule has 0 saturated carbocycles. The fourth-order valence-corrected chi connectivity index (χ4v) is 17.5. The first kappa shape index (κ1) is 43.8. The molecule has 0 spiro atoms.